The van der Waals surface area contributed by atoms with Crippen molar-refractivity contribution in [3.63, 3.8) is 0 Å². The number of esters is 1. The Hall–Kier alpha value is -3.46. The van der Waals surface area contributed by atoms with Crippen molar-refractivity contribution in [2.24, 2.45) is 0 Å². The molecule has 3 aromatic rings. The molecule has 0 aliphatic rings. The van der Waals surface area contributed by atoms with Gasteiger partial charge in [0, 0.05) is 37.2 Å². The van der Waals surface area contributed by atoms with Crippen molar-refractivity contribution in [3.8, 4) is 0 Å². The summed E-state index contributed by atoms with van der Waals surface area (Å²) in [5.41, 5.74) is 1.21. The number of ether oxygens (including phenoxy) is 2. The number of Topliss-reactive ketones (excluding diaryl/α,β-unsaturated/α-hetero) is 1. The predicted octanol–water partition coefficient (Wildman–Crippen LogP) is 1.57. The van der Waals surface area contributed by atoms with E-state index in [2.05, 4.69) is 5.10 Å². The Morgan fingerprint density at radius 1 is 1.10 bits per heavy atom. The Kier molecular flexibility index (Phi) is 6.86. The number of rotatable bonds is 9. The average Bonchev–Trinajstić information content (AvgIpc) is 3.04. The number of hydrogen-bond acceptors (Lipinski definition) is 6. The first kappa shape index (κ1) is 22.2. The molecule has 0 unspecified atom stereocenters. The minimum absolute atomic E-state index is 0.205. The van der Waals surface area contributed by atoms with Gasteiger partial charge in [0.05, 0.1) is 10.8 Å². The molecule has 164 valence electrons. The minimum Gasteiger partial charge on any atom is -0.456 e. The average molecular weight is 427 g/mol. The maximum atomic E-state index is 12.6. The number of ketones is 1. The zero-order valence-corrected chi connectivity index (χ0v) is 17.8. The van der Waals surface area contributed by atoms with Crippen LogP contribution in [0.4, 0.5) is 0 Å². The van der Waals surface area contributed by atoms with Crippen LogP contribution in [0.2, 0.25) is 0 Å². The first-order valence-electron chi connectivity index (χ1n) is 9.89. The van der Waals surface area contributed by atoms with Crippen molar-refractivity contribution in [3.05, 3.63) is 68.0 Å². The van der Waals surface area contributed by atoms with E-state index in [0.29, 0.717) is 12.2 Å². The van der Waals surface area contributed by atoms with E-state index in [1.54, 1.807) is 25.3 Å². The summed E-state index contributed by atoms with van der Waals surface area (Å²) in [6.45, 7) is 4.14. The molecule has 0 radical (unpaired) electrons. The predicted molar refractivity (Wildman–Crippen MR) is 115 cm³/mol. The van der Waals surface area contributed by atoms with Crippen LogP contribution >= 0.6 is 0 Å². The second kappa shape index (κ2) is 9.57. The molecular formula is C22H25N3O6. The summed E-state index contributed by atoms with van der Waals surface area (Å²) in [6, 6.07) is 8.10. The summed E-state index contributed by atoms with van der Waals surface area (Å²) in [7, 11) is 1.64. The monoisotopic (exact) mass is 427 g/mol. The van der Waals surface area contributed by atoms with Crippen LogP contribution in [-0.2, 0) is 27.4 Å². The molecule has 9 heteroatoms. The lowest BCUT2D eigenvalue weighted by atomic mass is 10.1. The van der Waals surface area contributed by atoms with E-state index in [9.17, 15) is 19.2 Å². The number of nitrogens with one attached hydrogen (secondary N) is 1. The Morgan fingerprint density at radius 3 is 2.52 bits per heavy atom. The lowest BCUT2D eigenvalue weighted by Crippen LogP contribution is -2.33. The molecule has 1 N–H and O–H groups in total. The molecule has 0 amide bonds. The van der Waals surface area contributed by atoms with Crippen molar-refractivity contribution >= 4 is 22.5 Å². The van der Waals surface area contributed by atoms with E-state index < -0.39 is 30.2 Å². The minimum atomic E-state index is -0.796. The molecule has 2 aromatic heterocycles. The third-order valence-electron chi connectivity index (χ3n) is 5.14. The van der Waals surface area contributed by atoms with Gasteiger partial charge in [-0.3, -0.25) is 24.3 Å². The van der Waals surface area contributed by atoms with E-state index in [1.165, 1.54) is 12.1 Å². The van der Waals surface area contributed by atoms with Gasteiger partial charge in [0.1, 0.15) is 6.54 Å². The summed E-state index contributed by atoms with van der Waals surface area (Å²) >= 11 is 0. The van der Waals surface area contributed by atoms with E-state index >= 15 is 0 Å². The topological polar surface area (TPSA) is 112 Å². The molecule has 2 heterocycles. The fraction of sp³-hybridized carbons (Fsp3) is 0.364. The number of H-pyrrole nitrogens is 1. The molecule has 0 saturated heterocycles. The van der Waals surface area contributed by atoms with Gasteiger partial charge in [-0.2, -0.15) is 0 Å². The fourth-order valence-corrected chi connectivity index (χ4v) is 3.55. The van der Waals surface area contributed by atoms with Crippen molar-refractivity contribution in [1.82, 2.24) is 14.3 Å². The summed E-state index contributed by atoms with van der Waals surface area (Å²) < 4.78 is 13.0. The van der Waals surface area contributed by atoms with Gasteiger partial charge in [0.15, 0.2) is 6.61 Å². The van der Waals surface area contributed by atoms with Gasteiger partial charge in [-0.25, -0.2) is 4.68 Å². The van der Waals surface area contributed by atoms with Crippen LogP contribution in [0.1, 0.15) is 28.2 Å². The molecule has 0 bridgehead atoms. The van der Waals surface area contributed by atoms with Gasteiger partial charge in [0.25, 0.3) is 11.1 Å². The fourth-order valence-electron chi connectivity index (χ4n) is 3.55. The third kappa shape index (κ3) is 4.83. The van der Waals surface area contributed by atoms with Crippen LogP contribution in [0.5, 0.6) is 0 Å². The van der Waals surface area contributed by atoms with Crippen LogP contribution in [-0.4, -0.2) is 46.4 Å². The maximum Gasteiger partial charge on any atom is 0.328 e. The van der Waals surface area contributed by atoms with Crippen LogP contribution in [0.25, 0.3) is 10.8 Å². The second-order valence-electron chi connectivity index (χ2n) is 7.24. The highest BCUT2D eigenvalue weighted by Crippen LogP contribution is 2.16. The van der Waals surface area contributed by atoms with Gasteiger partial charge in [-0.1, -0.05) is 12.1 Å². The van der Waals surface area contributed by atoms with Gasteiger partial charge >= 0.3 is 5.97 Å². The van der Waals surface area contributed by atoms with E-state index in [1.807, 2.05) is 18.4 Å². The maximum absolute atomic E-state index is 12.6. The molecule has 0 atom stereocenters. The van der Waals surface area contributed by atoms with Gasteiger partial charge < -0.3 is 14.0 Å². The molecule has 0 aliphatic carbocycles. The molecule has 0 saturated carbocycles. The van der Waals surface area contributed by atoms with Crippen molar-refractivity contribution < 1.29 is 19.1 Å². The van der Waals surface area contributed by atoms with E-state index in [-0.39, 0.29) is 16.6 Å². The number of carbonyl (C=O) groups is 2. The summed E-state index contributed by atoms with van der Waals surface area (Å²) in [5, 5.41) is 2.81. The summed E-state index contributed by atoms with van der Waals surface area (Å²) in [6.07, 6.45) is 0.814. The zero-order valence-electron chi connectivity index (χ0n) is 17.8. The zero-order chi connectivity index (χ0) is 22.5. The Labute approximate surface area is 178 Å². The summed E-state index contributed by atoms with van der Waals surface area (Å²) in [5.74, 6) is -1.13. The summed E-state index contributed by atoms with van der Waals surface area (Å²) in [4.78, 5) is 49.4. The van der Waals surface area contributed by atoms with Gasteiger partial charge in [-0.15, -0.1) is 0 Å². The number of carbonyl (C=O) groups excluding carboxylic acids is 2. The second-order valence-corrected chi connectivity index (χ2v) is 7.24. The molecular weight excluding hydrogens is 402 g/mol. The highest BCUT2D eigenvalue weighted by atomic mass is 16.5. The van der Waals surface area contributed by atoms with Gasteiger partial charge in [0.2, 0.25) is 5.78 Å². The van der Waals surface area contributed by atoms with E-state index in [4.69, 9.17) is 9.47 Å². The number of fused-ring (bicyclic) bond motifs is 1. The number of methoxy groups -OCH3 is 1. The molecule has 9 nitrogen and oxygen atoms in total. The number of aromatic amines is 1. The van der Waals surface area contributed by atoms with Gasteiger partial charge in [-0.05, 0) is 38.5 Å². The number of hydrogen-bond donors (Lipinski definition) is 1. The standard InChI is InChI=1S/C22H25N3O6/c1-14-11-18(15(2)24(14)9-6-10-30-3)19(26)13-31-20(27)12-25-22(29)17-8-5-4-7-16(17)21(28)23-25/h4-5,7-8,11H,6,9-10,12-13H2,1-3H3,(H,23,28). The van der Waals surface area contributed by atoms with Crippen LogP contribution in [0.15, 0.2) is 39.9 Å². The molecule has 0 aliphatic heterocycles. The van der Waals surface area contributed by atoms with Crippen molar-refractivity contribution in [2.45, 2.75) is 33.4 Å². The normalized spacial score (nSPS) is 11.1. The first-order chi connectivity index (χ1) is 14.8. The van der Waals surface area contributed by atoms with Crippen molar-refractivity contribution in [2.75, 3.05) is 20.3 Å². The molecule has 0 spiro atoms. The Balaban J connectivity index is 1.67. The van der Waals surface area contributed by atoms with E-state index in [0.717, 1.165) is 29.0 Å². The van der Waals surface area contributed by atoms with Crippen molar-refractivity contribution in [1.29, 1.82) is 0 Å². The number of benzene rings is 1. The highest BCUT2D eigenvalue weighted by Gasteiger charge is 2.18. The molecule has 3 rings (SSSR count). The smallest absolute Gasteiger partial charge is 0.328 e. The Morgan fingerprint density at radius 2 is 1.81 bits per heavy atom. The SMILES string of the molecule is COCCCn1c(C)cc(C(=O)COC(=O)Cn2[nH]c(=O)c3ccccc3c2=O)c1C. The quantitative estimate of drug-likeness (QED) is 0.315. The first-order valence-corrected chi connectivity index (χ1v) is 9.89. The molecule has 0 fully saturated rings. The number of nitrogens with zero attached hydrogens (tertiary/aromatic N) is 2. The molecule has 1 aromatic carbocycles. The largest absolute Gasteiger partial charge is 0.456 e. The lowest BCUT2D eigenvalue weighted by Gasteiger charge is -2.10. The Bertz CT molecular complexity index is 1230. The van der Waals surface area contributed by atoms with Crippen LogP contribution in [0, 0.1) is 13.8 Å². The number of aryl methyl sites for hydroxylation is 1. The van der Waals surface area contributed by atoms with Crippen LogP contribution < -0.4 is 11.1 Å². The number of aromatic nitrogens is 3. The highest BCUT2D eigenvalue weighted by molar-refractivity contribution is 5.99. The third-order valence-corrected chi connectivity index (χ3v) is 5.14. The molecule has 31 heavy (non-hydrogen) atoms. The van der Waals surface area contributed by atoms with Crippen LogP contribution in [0.3, 0.4) is 0 Å². The lowest BCUT2D eigenvalue weighted by molar-refractivity contribution is -0.143.